The van der Waals surface area contributed by atoms with E-state index < -0.39 is 5.76 Å². The summed E-state index contributed by atoms with van der Waals surface area (Å²) in [6, 6.07) is 15.0. The van der Waals surface area contributed by atoms with Crippen molar-refractivity contribution in [2.75, 3.05) is 6.61 Å². The third-order valence-electron chi connectivity index (χ3n) is 3.91. The van der Waals surface area contributed by atoms with Crippen LogP contribution in [-0.4, -0.2) is 17.1 Å². The highest BCUT2D eigenvalue weighted by Crippen LogP contribution is 2.14. The largest absolute Gasteiger partial charge is 0.494 e. The Kier molecular flexibility index (Phi) is 5.18. The van der Waals surface area contributed by atoms with Gasteiger partial charge in [-0.1, -0.05) is 24.3 Å². The molecule has 0 aliphatic heterocycles. The molecule has 130 valence electrons. The molecule has 0 bridgehead atoms. The van der Waals surface area contributed by atoms with Gasteiger partial charge in [0.15, 0.2) is 5.58 Å². The molecule has 3 rings (SSSR count). The zero-order chi connectivity index (χ0) is 17.6. The first-order valence-electron chi connectivity index (χ1n) is 8.16. The van der Waals surface area contributed by atoms with Crippen LogP contribution in [0.5, 0.6) is 5.75 Å². The first kappa shape index (κ1) is 16.8. The second kappa shape index (κ2) is 7.70. The Balaban J connectivity index is 1.44. The van der Waals surface area contributed by atoms with E-state index in [0.717, 1.165) is 11.3 Å². The van der Waals surface area contributed by atoms with Crippen molar-refractivity contribution in [2.45, 2.75) is 19.4 Å². The number of oxazole rings is 1. The summed E-state index contributed by atoms with van der Waals surface area (Å²) < 4.78 is 12.1. The molecule has 1 N–H and O–H groups in total. The molecule has 6 heteroatoms. The fraction of sp³-hybridized carbons (Fsp3) is 0.263. The van der Waals surface area contributed by atoms with Crippen molar-refractivity contribution in [3.63, 3.8) is 0 Å². The number of carbonyl (C=O) groups is 1. The molecule has 1 heterocycles. The Bertz CT molecular complexity index is 912. The lowest BCUT2D eigenvalue weighted by Gasteiger charge is -2.07. The number of aryl methyl sites for hydroxylation is 1. The number of para-hydroxylation sites is 1. The highest BCUT2D eigenvalue weighted by Gasteiger charge is 2.07. The molecule has 1 aromatic heterocycles. The van der Waals surface area contributed by atoms with Gasteiger partial charge < -0.3 is 14.5 Å². The van der Waals surface area contributed by atoms with E-state index in [4.69, 9.17) is 9.15 Å². The number of nitrogens with zero attached hydrogens (tertiary/aromatic N) is 1. The number of aromatic nitrogens is 1. The number of ether oxygens (including phenoxy) is 1. The predicted octanol–water partition coefficient (Wildman–Crippen LogP) is 2.61. The number of amides is 1. The second-order valence-corrected chi connectivity index (χ2v) is 5.77. The van der Waals surface area contributed by atoms with Crippen LogP contribution >= 0.6 is 0 Å². The Morgan fingerprint density at radius 2 is 2.00 bits per heavy atom. The average molecular weight is 340 g/mol. The van der Waals surface area contributed by atoms with Crippen LogP contribution in [0.15, 0.2) is 57.7 Å². The zero-order valence-electron chi connectivity index (χ0n) is 14.0. The maximum absolute atomic E-state index is 11.9. The fourth-order valence-corrected chi connectivity index (χ4v) is 2.51. The Morgan fingerprint density at radius 3 is 2.80 bits per heavy atom. The quantitative estimate of drug-likeness (QED) is 0.671. The maximum atomic E-state index is 11.9. The number of benzene rings is 2. The van der Waals surface area contributed by atoms with E-state index in [1.807, 2.05) is 42.5 Å². The number of fused-ring (bicyclic) bond motifs is 1. The summed E-state index contributed by atoms with van der Waals surface area (Å²) in [6.07, 6.45) is 1.05. The van der Waals surface area contributed by atoms with E-state index in [2.05, 4.69) is 5.32 Å². The Morgan fingerprint density at radius 1 is 1.20 bits per heavy atom. The molecule has 0 unspecified atom stereocenters. The van der Waals surface area contributed by atoms with Crippen LogP contribution in [0, 0.1) is 0 Å². The van der Waals surface area contributed by atoms with E-state index >= 15 is 0 Å². The van der Waals surface area contributed by atoms with Crippen molar-refractivity contribution in [3.05, 3.63) is 64.6 Å². The summed E-state index contributed by atoms with van der Waals surface area (Å²) in [4.78, 5) is 23.4. The van der Waals surface area contributed by atoms with Crippen LogP contribution in [0.1, 0.15) is 18.4 Å². The van der Waals surface area contributed by atoms with E-state index in [0.29, 0.717) is 37.1 Å². The van der Waals surface area contributed by atoms with Crippen molar-refractivity contribution in [1.29, 1.82) is 0 Å². The minimum Gasteiger partial charge on any atom is -0.494 e. The fourth-order valence-electron chi connectivity index (χ4n) is 2.51. The van der Waals surface area contributed by atoms with Gasteiger partial charge in [0.25, 0.3) is 0 Å². The van der Waals surface area contributed by atoms with Gasteiger partial charge in [0, 0.05) is 20.0 Å². The van der Waals surface area contributed by atoms with E-state index in [9.17, 15) is 9.59 Å². The summed E-state index contributed by atoms with van der Waals surface area (Å²) in [5.41, 5.74) is 2.17. The van der Waals surface area contributed by atoms with Crippen LogP contribution in [-0.2, 0) is 18.4 Å². The molecule has 0 saturated carbocycles. The molecule has 0 fully saturated rings. The minimum atomic E-state index is -0.394. The second-order valence-electron chi connectivity index (χ2n) is 5.77. The summed E-state index contributed by atoms with van der Waals surface area (Å²) in [7, 11) is 1.66. The molecule has 0 radical (unpaired) electrons. The highest BCUT2D eigenvalue weighted by atomic mass is 16.5. The van der Waals surface area contributed by atoms with Crippen LogP contribution in [0.4, 0.5) is 0 Å². The monoisotopic (exact) mass is 340 g/mol. The van der Waals surface area contributed by atoms with E-state index in [-0.39, 0.29) is 5.91 Å². The minimum absolute atomic E-state index is 0.0298. The first-order chi connectivity index (χ1) is 12.1. The third-order valence-corrected chi connectivity index (χ3v) is 3.91. The lowest BCUT2D eigenvalue weighted by atomic mass is 10.2. The van der Waals surface area contributed by atoms with Gasteiger partial charge in [0.05, 0.1) is 12.1 Å². The van der Waals surface area contributed by atoms with Crippen molar-refractivity contribution in [1.82, 2.24) is 9.88 Å². The van der Waals surface area contributed by atoms with Gasteiger partial charge in [-0.05, 0) is 36.2 Å². The van der Waals surface area contributed by atoms with Crippen LogP contribution in [0.25, 0.3) is 11.1 Å². The molecule has 3 aromatic rings. The molecule has 0 saturated heterocycles. The molecule has 0 spiro atoms. The average Bonchev–Trinajstić information content (AvgIpc) is 2.92. The Labute approximate surface area is 145 Å². The standard InChI is InChI=1S/C19H20N2O4/c1-21-16-12-14(9-10-17(16)25-19(21)23)13-20-18(22)8-5-11-24-15-6-3-2-4-7-15/h2-4,6-7,9-10,12H,5,8,11,13H2,1H3,(H,20,22). The van der Waals surface area contributed by atoms with Crippen molar-refractivity contribution < 1.29 is 13.9 Å². The molecule has 25 heavy (non-hydrogen) atoms. The van der Waals surface area contributed by atoms with E-state index in [1.54, 1.807) is 13.1 Å². The topological polar surface area (TPSA) is 73.5 Å². The molecule has 2 aromatic carbocycles. The maximum Gasteiger partial charge on any atom is 0.419 e. The zero-order valence-corrected chi connectivity index (χ0v) is 14.0. The molecule has 6 nitrogen and oxygen atoms in total. The van der Waals surface area contributed by atoms with E-state index in [1.165, 1.54) is 4.57 Å². The normalized spacial score (nSPS) is 10.8. The van der Waals surface area contributed by atoms with Gasteiger partial charge >= 0.3 is 5.76 Å². The van der Waals surface area contributed by atoms with Gasteiger partial charge in [0.1, 0.15) is 5.75 Å². The number of hydrogen-bond acceptors (Lipinski definition) is 4. The molecule has 1 amide bonds. The van der Waals surface area contributed by atoms with Crippen molar-refractivity contribution in [2.24, 2.45) is 7.05 Å². The SMILES string of the molecule is Cn1c(=O)oc2ccc(CNC(=O)CCCOc3ccccc3)cc21. The number of nitrogens with one attached hydrogen (secondary N) is 1. The summed E-state index contributed by atoms with van der Waals surface area (Å²) >= 11 is 0. The molecular weight excluding hydrogens is 320 g/mol. The van der Waals surface area contributed by atoms with Gasteiger partial charge in [-0.25, -0.2) is 4.79 Å². The van der Waals surface area contributed by atoms with Crippen molar-refractivity contribution >= 4 is 17.0 Å². The highest BCUT2D eigenvalue weighted by molar-refractivity contribution is 5.76. The predicted molar refractivity (Wildman–Crippen MR) is 94.5 cm³/mol. The number of rotatable bonds is 7. The van der Waals surface area contributed by atoms with Gasteiger partial charge in [-0.15, -0.1) is 0 Å². The number of hydrogen-bond donors (Lipinski definition) is 1. The molecule has 0 aliphatic rings. The molecule has 0 atom stereocenters. The van der Waals surface area contributed by atoms with Crippen LogP contribution < -0.4 is 15.8 Å². The van der Waals surface area contributed by atoms with Gasteiger partial charge in [-0.3, -0.25) is 9.36 Å². The summed E-state index contributed by atoms with van der Waals surface area (Å²) in [6.45, 7) is 0.911. The first-order valence-corrected chi connectivity index (χ1v) is 8.16. The molecular formula is C19H20N2O4. The lowest BCUT2D eigenvalue weighted by molar-refractivity contribution is -0.121. The van der Waals surface area contributed by atoms with Crippen LogP contribution in [0.3, 0.4) is 0 Å². The van der Waals surface area contributed by atoms with Gasteiger partial charge in [-0.2, -0.15) is 0 Å². The van der Waals surface area contributed by atoms with Crippen molar-refractivity contribution in [3.8, 4) is 5.75 Å². The molecule has 0 aliphatic carbocycles. The van der Waals surface area contributed by atoms with Crippen LogP contribution in [0.2, 0.25) is 0 Å². The summed E-state index contributed by atoms with van der Waals surface area (Å²) in [5.74, 6) is 0.384. The Hall–Kier alpha value is -3.02. The van der Waals surface area contributed by atoms with Gasteiger partial charge in [0.2, 0.25) is 5.91 Å². The smallest absolute Gasteiger partial charge is 0.419 e. The lowest BCUT2D eigenvalue weighted by Crippen LogP contribution is -2.23. The third kappa shape index (κ3) is 4.29. The number of carbonyl (C=O) groups excluding carboxylic acids is 1. The summed E-state index contributed by atoms with van der Waals surface area (Å²) in [5, 5.41) is 2.88.